The average molecular weight is 277 g/mol. The molecule has 0 saturated heterocycles. The highest BCUT2D eigenvalue weighted by Crippen LogP contribution is 1.98. The number of hydrazone groups is 1. The van der Waals surface area contributed by atoms with E-state index in [0.717, 1.165) is 0 Å². The van der Waals surface area contributed by atoms with E-state index in [9.17, 15) is 9.59 Å². The summed E-state index contributed by atoms with van der Waals surface area (Å²) in [4.78, 5) is 23.1. The summed E-state index contributed by atoms with van der Waals surface area (Å²) in [5.41, 5.74) is 2.36. The van der Waals surface area contributed by atoms with E-state index < -0.39 is 11.9 Å². The van der Waals surface area contributed by atoms with Crippen LogP contribution in [-0.2, 0) is 9.53 Å². The summed E-state index contributed by atoms with van der Waals surface area (Å²) in [6, 6.07) is 8.44. The molecule has 0 atom stereocenters. The van der Waals surface area contributed by atoms with Gasteiger partial charge in [-0.15, -0.1) is 0 Å². The lowest BCUT2D eigenvalue weighted by atomic mass is 10.2. The Bertz CT molecular complexity index is 538. The lowest BCUT2D eigenvalue weighted by Crippen LogP contribution is -2.28. The van der Waals surface area contributed by atoms with E-state index in [1.54, 1.807) is 37.3 Å². The Hall–Kier alpha value is -2.70. The largest absolute Gasteiger partial charge is 0.461 e. The molecule has 0 unspecified atom stereocenters. The lowest BCUT2D eigenvalue weighted by Gasteiger charge is -2.04. The molecule has 1 aromatic rings. The van der Waals surface area contributed by atoms with E-state index in [-0.39, 0.29) is 18.0 Å². The summed E-state index contributed by atoms with van der Waals surface area (Å²) >= 11 is 0. The van der Waals surface area contributed by atoms with E-state index >= 15 is 0 Å². The number of rotatable bonds is 5. The fourth-order valence-electron chi connectivity index (χ4n) is 1.30. The molecule has 0 aromatic heterocycles. The highest BCUT2D eigenvalue weighted by atomic mass is 16.5. The third-order valence-electron chi connectivity index (χ3n) is 2.27. The third-order valence-corrected chi connectivity index (χ3v) is 2.27. The van der Waals surface area contributed by atoms with Crippen LogP contribution in [0.15, 0.2) is 40.6 Å². The third kappa shape index (κ3) is 4.20. The summed E-state index contributed by atoms with van der Waals surface area (Å²) in [5.74, 6) is -1.25. The second-order valence-electron chi connectivity index (χ2n) is 3.67. The van der Waals surface area contributed by atoms with Gasteiger partial charge in [-0.05, 0) is 26.0 Å². The van der Waals surface area contributed by atoms with Crippen LogP contribution in [0, 0.1) is 0 Å². The van der Waals surface area contributed by atoms with E-state index in [4.69, 9.17) is 5.21 Å². The van der Waals surface area contributed by atoms with Gasteiger partial charge in [0.25, 0.3) is 5.91 Å². The van der Waals surface area contributed by atoms with Gasteiger partial charge in [0.15, 0.2) is 0 Å². The number of benzene rings is 1. The maximum absolute atomic E-state index is 11.7. The molecule has 106 valence electrons. The minimum absolute atomic E-state index is 0.0373. The first-order valence-electron chi connectivity index (χ1n) is 5.89. The molecule has 0 saturated carbocycles. The molecule has 20 heavy (non-hydrogen) atoms. The molecule has 7 heteroatoms. The Kier molecular flexibility index (Phi) is 5.89. The van der Waals surface area contributed by atoms with Crippen molar-refractivity contribution in [2.75, 3.05) is 6.61 Å². The van der Waals surface area contributed by atoms with Crippen LogP contribution in [0.25, 0.3) is 0 Å². The number of esters is 1. The van der Waals surface area contributed by atoms with Gasteiger partial charge in [-0.1, -0.05) is 23.4 Å². The summed E-state index contributed by atoms with van der Waals surface area (Å²) in [5, 5.41) is 15.3. The topological polar surface area (TPSA) is 100 Å². The molecule has 2 N–H and O–H groups in total. The number of oxime groups is 1. The van der Waals surface area contributed by atoms with Crippen LogP contribution < -0.4 is 5.43 Å². The van der Waals surface area contributed by atoms with Crippen molar-refractivity contribution < 1.29 is 19.5 Å². The quantitative estimate of drug-likeness (QED) is 0.365. The molecule has 1 rings (SSSR count). The van der Waals surface area contributed by atoms with Gasteiger partial charge in [0.05, 0.1) is 12.3 Å². The van der Waals surface area contributed by atoms with E-state index in [1.807, 2.05) is 0 Å². The number of hydrogen-bond acceptors (Lipinski definition) is 6. The Labute approximate surface area is 115 Å². The van der Waals surface area contributed by atoms with Crippen LogP contribution in [0.2, 0.25) is 0 Å². The van der Waals surface area contributed by atoms with Crippen molar-refractivity contribution in [1.29, 1.82) is 0 Å². The van der Waals surface area contributed by atoms with Crippen molar-refractivity contribution in [3.8, 4) is 0 Å². The minimum Gasteiger partial charge on any atom is -0.461 e. The van der Waals surface area contributed by atoms with Gasteiger partial charge in [0.1, 0.15) is 0 Å². The van der Waals surface area contributed by atoms with Crippen LogP contribution in [0.4, 0.5) is 0 Å². The van der Waals surface area contributed by atoms with Gasteiger partial charge in [0, 0.05) is 5.56 Å². The Morgan fingerprint density at radius 2 is 1.95 bits per heavy atom. The van der Waals surface area contributed by atoms with Crippen LogP contribution in [0.3, 0.4) is 0 Å². The Morgan fingerprint density at radius 3 is 2.50 bits per heavy atom. The first-order valence-corrected chi connectivity index (χ1v) is 5.89. The van der Waals surface area contributed by atoms with Gasteiger partial charge in [-0.2, -0.15) is 5.10 Å². The smallest absolute Gasteiger partial charge is 0.362 e. The van der Waals surface area contributed by atoms with Crippen molar-refractivity contribution in [1.82, 2.24) is 5.43 Å². The molecule has 0 spiro atoms. The lowest BCUT2D eigenvalue weighted by molar-refractivity contribution is -0.134. The normalized spacial score (nSPS) is 11.9. The zero-order valence-electron chi connectivity index (χ0n) is 11.2. The van der Waals surface area contributed by atoms with Crippen molar-refractivity contribution in [3.05, 3.63) is 35.9 Å². The molecule has 0 fully saturated rings. The molecule has 0 bridgehead atoms. The molecule has 1 aromatic carbocycles. The fraction of sp³-hybridized carbons (Fsp3) is 0.231. The minimum atomic E-state index is -0.815. The molecule has 7 nitrogen and oxygen atoms in total. The predicted octanol–water partition coefficient (Wildman–Crippen LogP) is 1.19. The number of nitrogens with one attached hydrogen (secondary N) is 1. The molecule has 0 aliphatic rings. The molecule has 0 heterocycles. The number of amides is 1. The van der Waals surface area contributed by atoms with Gasteiger partial charge >= 0.3 is 5.97 Å². The molecule has 0 aliphatic carbocycles. The van der Waals surface area contributed by atoms with Crippen molar-refractivity contribution in [2.45, 2.75) is 13.8 Å². The zero-order valence-corrected chi connectivity index (χ0v) is 11.2. The number of nitrogens with zero attached hydrogens (tertiary/aromatic N) is 2. The summed E-state index contributed by atoms with van der Waals surface area (Å²) < 4.78 is 4.68. The average Bonchev–Trinajstić information content (AvgIpc) is 2.46. The SMILES string of the molecule is CCOC(=O)C(=N/O)/C(C)=N\NC(=O)c1ccccc1. The summed E-state index contributed by atoms with van der Waals surface area (Å²) in [6.07, 6.45) is 0. The van der Waals surface area contributed by atoms with Crippen LogP contribution in [-0.4, -0.2) is 35.1 Å². The molecular weight excluding hydrogens is 262 g/mol. The molecule has 0 radical (unpaired) electrons. The number of carbonyl (C=O) groups is 2. The van der Waals surface area contributed by atoms with Gasteiger partial charge in [0.2, 0.25) is 5.71 Å². The predicted molar refractivity (Wildman–Crippen MR) is 72.9 cm³/mol. The first-order chi connectivity index (χ1) is 9.60. The van der Waals surface area contributed by atoms with Gasteiger partial charge in [-0.3, -0.25) is 4.79 Å². The van der Waals surface area contributed by atoms with Crippen molar-refractivity contribution in [2.24, 2.45) is 10.3 Å². The monoisotopic (exact) mass is 277 g/mol. The van der Waals surface area contributed by atoms with Gasteiger partial charge < -0.3 is 9.94 Å². The van der Waals surface area contributed by atoms with Crippen LogP contribution in [0.5, 0.6) is 0 Å². The fourth-order valence-corrected chi connectivity index (χ4v) is 1.30. The van der Waals surface area contributed by atoms with E-state index in [0.29, 0.717) is 5.56 Å². The summed E-state index contributed by atoms with van der Waals surface area (Å²) in [7, 11) is 0. The first kappa shape index (κ1) is 15.4. The van der Waals surface area contributed by atoms with Gasteiger partial charge in [-0.25, -0.2) is 10.2 Å². The standard InChI is InChI=1S/C13H15N3O4/c1-3-20-13(18)11(16-19)9(2)14-15-12(17)10-7-5-4-6-8-10/h4-8,19H,3H2,1-2H3,(H,15,17)/b14-9-,16-11+. The highest BCUT2D eigenvalue weighted by Gasteiger charge is 2.17. The van der Waals surface area contributed by atoms with Crippen molar-refractivity contribution >= 4 is 23.3 Å². The van der Waals surface area contributed by atoms with Crippen molar-refractivity contribution in [3.63, 3.8) is 0 Å². The number of carbonyl (C=O) groups excluding carboxylic acids is 2. The van der Waals surface area contributed by atoms with Crippen LogP contribution in [0.1, 0.15) is 24.2 Å². The van der Waals surface area contributed by atoms with E-state index in [2.05, 4.69) is 20.4 Å². The number of ether oxygens (including phenoxy) is 1. The maximum Gasteiger partial charge on any atom is 0.362 e. The summed E-state index contributed by atoms with van der Waals surface area (Å²) in [6.45, 7) is 3.18. The van der Waals surface area contributed by atoms with Crippen LogP contribution >= 0.6 is 0 Å². The molecular formula is C13H15N3O4. The Balaban J connectivity index is 2.74. The second kappa shape index (κ2) is 7.67. The maximum atomic E-state index is 11.7. The van der Waals surface area contributed by atoms with E-state index in [1.165, 1.54) is 6.92 Å². The number of hydrogen-bond donors (Lipinski definition) is 2. The second-order valence-corrected chi connectivity index (χ2v) is 3.67. The Morgan fingerprint density at radius 1 is 1.30 bits per heavy atom. The molecule has 1 amide bonds. The zero-order chi connectivity index (χ0) is 15.0. The highest BCUT2D eigenvalue weighted by molar-refractivity contribution is 6.65. The molecule has 0 aliphatic heterocycles.